The number of fused-ring (bicyclic) bond motifs is 4. The van der Waals surface area contributed by atoms with Crippen molar-refractivity contribution in [2.24, 2.45) is 11.3 Å². The summed E-state index contributed by atoms with van der Waals surface area (Å²) in [6.07, 6.45) is 4.20. The molecule has 0 saturated heterocycles. The summed E-state index contributed by atoms with van der Waals surface area (Å²) in [6, 6.07) is 5.38. The zero-order valence-corrected chi connectivity index (χ0v) is 27.1. The average Bonchev–Trinajstić information content (AvgIpc) is 3.49. The predicted octanol–water partition coefficient (Wildman–Crippen LogP) is 10.1. The van der Waals surface area contributed by atoms with Gasteiger partial charge in [-0.1, -0.05) is 79.9 Å². The minimum absolute atomic E-state index is 0.0113. The largest absolute Gasteiger partial charge is 0.416 e. The maximum atomic E-state index is 13.3. The third-order valence-corrected chi connectivity index (χ3v) is 9.43. The predicted molar refractivity (Wildman–Crippen MR) is 165 cm³/mol. The molecule has 1 aromatic heterocycles. The van der Waals surface area contributed by atoms with E-state index in [4.69, 9.17) is 9.72 Å². The van der Waals surface area contributed by atoms with Gasteiger partial charge < -0.3 is 9.84 Å². The fourth-order valence-corrected chi connectivity index (χ4v) is 6.76. The third-order valence-electron chi connectivity index (χ3n) is 9.43. The van der Waals surface area contributed by atoms with Gasteiger partial charge in [0.1, 0.15) is 6.10 Å². The molecule has 3 aliphatic rings. The highest BCUT2D eigenvalue weighted by Crippen LogP contribution is 2.61. The monoisotopic (exact) mass is 593 g/mol. The molecule has 0 bridgehead atoms. The van der Waals surface area contributed by atoms with E-state index in [1.54, 1.807) is 18.4 Å². The molecule has 5 unspecified atom stereocenters. The normalized spacial score (nSPS) is 28.5. The van der Waals surface area contributed by atoms with E-state index in [-0.39, 0.29) is 17.3 Å². The van der Waals surface area contributed by atoms with Gasteiger partial charge in [-0.2, -0.15) is 25.8 Å². The number of unbranched alkanes of at least 4 members (excludes halogenated alkanes) is 1. The van der Waals surface area contributed by atoms with E-state index < -0.39 is 29.5 Å². The van der Waals surface area contributed by atoms with Crippen molar-refractivity contribution in [2.75, 3.05) is 6.26 Å². The van der Waals surface area contributed by atoms with Crippen LogP contribution in [0.1, 0.15) is 151 Å². The van der Waals surface area contributed by atoms with E-state index in [1.807, 2.05) is 0 Å². The highest BCUT2D eigenvalue weighted by atomic mass is 32.1. The van der Waals surface area contributed by atoms with Gasteiger partial charge in [-0.05, 0) is 78.9 Å². The number of rotatable bonds is 4. The quantitative estimate of drug-likeness (QED) is 0.347. The Morgan fingerprint density at radius 1 is 1.07 bits per heavy atom. The van der Waals surface area contributed by atoms with Crippen LogP contribution in [0.2, 0.25) is 0 Å². The Hall–Kier alpha value is -1.57. The van der Waals surface area contributed by atoms with E-state index in [1.165, 1.54) is 12.8 Å². The number of halogens is 3. The summed E-state index contributed by atoms with van der Waals surface area (Å²) in [7, 11) is 0. The number of thiol groups is 1. The molecule has 41 heavy (non-hydrogen) atoms. The topological polar surface area (TPSA) is 42.4 Å². The number of alkyl halides is 3. The molecular formula is C34H50F3NO2S. The standard InChI is InChI=1S/C29H36F3NO2.C4H10.CH4S/c1-6-27(5)14-20-22(21(34)15-27)24-23(25(33-20)16(2)3)26(35-28(24)13-7-8-17(28)4)18-9-11-19(12-10-18)29(30,31)32;1-3-4-2;1-2/h9-12,16-17,21,26,34H,6-8,13-15H2,1-5H3;3-4H2,1-2H3;2H,1H3. The van der Waals surface area contributed by atoms with Crippen molar-refractivity contribution in [3.8, 4) is 0 Å². The molecule has 230 valence electrons. The lowest BCUT2D eigenvalue weighted by atomic mass is 9.68. The van der Waals surface area contributed by atoms with Gasteiger partial charge in [-0.3, -0.25) is 4.98 Å². The van der Waals surface area contributed by atoms with Gasteiger partial charge in [0, 0.05) is 22.5 Å². The highest BCUT2D eigenvalue weighted by molar-refractivity contribution is 7.79. The fraction of sp³-hybridized carbons (Fsp3) is 0.676. The second-order valence-electron chi connectivity index (χ2n) is 12.7. The number of nitrogens with zero attached hydrogens (tertiary/aromatic N) is 1. The van der Waals surface area contributed by atoms with Crippen molar-refractivity contribution < 1.29 is 23.0 Å². The van der Waals surface area contributed by atoms with Gasteiger partial charge in [0.25, 0.3) is 0 Å². The van der Waals surface area contributed by atoms with E-state index in [0.29, 0.717) is 12.0 Å². The van der Waals surface area contributed by atoms with Gasteiger partial charge >= 0.3 is 6.18 Å². The number of aromatic nitrogens is 1. The zero-order valence-electron chi connectivity index (χ0n) is 26.2. The Morgan fingerprint density at radius 3 is 2.15 bits per heavy atom. The van der Waals surface area contributed by atoms with E-state index in [0.717, 1.165) is 72.3 Å². The van der Waals surface area contributed by atoms with E-state index in [2.05, 4.69) is 61.1 Å². The first-order valence-corrected chi connectivity index (χ1v) is 16.3. The number of ether oxygens (including phenoxy) is 1. The molecule has 1 saturated carbocycles. The molecule has 1 spiro atoms. The number of aliphatic hydroxyl groups is 1. The lowest BCUT2D eigenvalue weighted by Gasteiger charge is -2.40. The Kier molecular flexibility index (Phi) is 11.1. The van der Waals surface area contributed by atoms with Gasteiger partial charge in [0.05, 0.1) is 17.3 Å². The molecular weight excluding hydrogens is 543 g/mol. The van der Waals surface area contributed by atoms with Crippen LogP contribution in [-0.4, -0.2) is 16.3 Å². The van der Waals surface area contributed by atoms with Crippen LogP contribution in [0.5, 0.6) is 0 Å². The SMILES string of the molecule is CCC1(C)Cc2nc(C(C)C)c3c(c2C(O)C1)C1(CCCC1C)OC3c1ccc(C(F)(F)F)cc1.CCCC.CS. The Bertz CT molecular complexity index is 1160. The first-order chi connectivity index (χ1) is 19.3. The molecule has 2 aromatic rings. The molecule has 5 rings (SSSR count). The average molecular weight is 594 g/mol. The summed E-state index contributed by atoms with van der Waals surface area (Å²) in [5.74, 6) is 0.368. The van der Waals surface area contributed by atoms with E-state index in [9.17, 15) is 18.3 Å². The van der Waals surface area contributed by atoms with Crippen LogP contribution in [0.3, 0.4) is 0 Å². The Morgan fingerprint density at radius 2 is 1.68 bits per heavy atom. The number of pyridine rings is 1. The fourth-order valence-electron chi connectivity index (χ4n) is 6.76. The first-order valence-electron chi connectivity index (χ1n) is 15.4. The number of hydrogen-bond acceptors (Lipinski definition) is 4. The minimum atomic E-state index is -4.38. The number of aliphatic hydroxyl groups excluding tert-OH is 1. The molecule has 7 heteroatoms. The van der Waals surface area contributed by atoms with Crippen molar-refractivity contribution in [3.05, 3.63) is 63.5 Å². The summed E-state index contributed by atoms with van der Waals surface area (Å²) < 4.78 is 46.7. The summed E-state index contributed by atoms with van der Waals surface area (Å²) in [4.78, 5) is 5.17. The lowest BCUT2D eigenvalue weighted by Crippen LogP contribution is -2.35. The highest BCUT2D eigenvalue weighted by Gasteiger charge is 2.55. The molecule has 1 fully saturated rings. The second kappa shape index (κ2) is 13.4. The van der Waals surface area contributed by atoms with Crippen LogP contribution < -0.4 is 0 Å². The molecule has 0 radical (unpaired) electrons. The molecule has 3 nitrogen and oxygen atoms in total. The van der Waals surface area contributed by atoms with Crippen LogP contribution >= 0.6 is 12.6 Å². The van der Waals surface area contributed by atoms with Crippen molar-refractivity contribution >= 4 is 12.6 Å². The van der Waals surface area contributed by atoms with Crippen molar-refractivity contribution in [1.29, 1.82) is 0 Å². The third kappa shape index (κ3) is 6.52. The summed E-state index contributed by atoms with van der Waals surface area (Å²) in [6.45, 7) is 15.2. The van der Waals surface area contributed by atoms with Gasteiger partial charge in [0.15, 0.2) is 0 Å². The van der Waals surface area contributed by atoms with Crippen molar-refractivity contribution in [3.63, 3.8) is 0 Å². The number of benzene rings is 1. The van der Waals surface area contributed by atoms with Crippen LogP contribution in [0.25, 0.3) is 0 Å². The summed E-state index contributed by atoms with van der Waals surface area (Å²) in [5, 5.41) is 11.5. The molecule has 5 atom stereocenters. The van der Waals surface area contributed by atoms with Crippen LogP contribution in [0.15, 0.2) is 24.3 Å². The van der Waals surface area contributed by atoms with Crippen molar-refractivity contribution in [1.82, 2.24) is 4.98 Å². The van der Waals surface area contributed by atoms with Gasteiger partial charge in [0.2, 0.25) is 0 Å². The van der Waals surface area contributed by atoms with Crippen molar-refractivity contribution in [2.45, 2.75) is 130 Å². The Balaban J connectivity index is 0.000000710. The first kappa shape index (κ1) is 33.9. The van der Waals surface area contributed by atoms with Crippen LogP contribution in [0.4, 0.5) is 13.2 Å². The summed E-state index contributed by atoms with van der Waals surface area (Å²) in [5.41, 5.74) is 4.42. The number of hydrogen-bond donors (Lipinski definition) is 2. The smallest absolute Gasteiger partial charge is 0.388 e. The molecule has 1 aliphatic heterocycles. The maximum absolute atomic E-state index is 13.3. The maximum Gasteiger partial charge on any atom is 0.416 e. The van der Waals surface area contributed by atoms with Crippen LogP contribution in [-0.2, 0) is 22.9 Å². The van der Waals surface area contributed by atoms with Crippen LogP contribution in [0, 0.1) is 11.3 Å². The van der Waals surface area contributed by atoms with E-state index >= 15 is 0 Å². The Labute approximate surface area is 251 Å². The van der Waals surface area contributed by atoms with Gasteiger partial charge in [-0.15, -0.1) is 0 Å². The molecule has 2 aliphatic carbocycles. The molecule has 1 aromatic carbocycles. The second-order valence-corrected chi connectivity index (χ2v) is 12.7. The molecule has 1 N–H and O–H groups in total. The summed E-state index contributed by atoms with van der Waals surface area (Å²) >= 11 is 3.53. The lowest BCUT2D eigenvalue weighted by molar-refractivity contribution is -0.137. The molecule has 2 heterocycles. The minimum Gasteiger partial charge on any atom is -0.388 e. The zero-order chi connectivity index (χ0) is 30.8. The van der Waals surface area contributed by atoms with Gasteiger partial charge in [-0.25, -0.2) is 0 Å². The molecule has 0 amide bonds.